The number of nitrogen functional groups attached to an aromatic ring is 1. The number of alkyl halides is 1. The van der Waals surface area contributed by atoms with Gasteiger partial charge in [0.25, 0.3) is 5.56 Å². The number of nitrogens with zero attached hydrogens (tertiary/aromatic N) is 2. The molecule has 2 aromatic heterocycles. The Morgan fingerprint density at radius 3 is 2.70 bits per heavy atom. The topological polar surface area (TPSA) is 123 Å². The number of methoxy groups -OCH3 is 1. The lowest BCUT2D eigenvalue weighted by molar-refractivity contribution is 0.00963. The number of fused-ring (bicyclic) bond motifs is 1. The fourth-order valence-electron chi connectivity index (χ4n) is 2.41. The van der Waals surface area contributed by atoms with Gasteiger partial charge in [-0.25, -0.2) is 4.39 Å². The maximum atomic E-state index is 14.7. The minimum Gasteiger partial charge on any atom is -0.394 e. The van der Waals surface area contributed by atoms with E-state index in [1.54, 1.807) is 0 Å². The molecule has 0 saturated heterocycles. The number of aliphatic hydroxyl groups excluding tert-OH is 1. The van der Waals surface area contributed by atoms with Gasteiger partial charge in [-0.05, 0) is 20.3 Å². The summed E-state index contributed by atoms with van der Waals surface area (Å²) in [6.07, 6.45) is -0.618. The third-order valence-corrected chi connectivity index (χ3v) is 4.56. The maximum Gasteiger partial charge on any atom is 0.309 e. The number of rotatable bonds is 6. The Bertz CT molecular complexity index is 803. The Balaban J connectivity index is 2.68. The molecule has 0 radical (unpaired) electrons. The maximum absolute atomic E-state index is 14.7. The van der Waals surface area contributed by atoms with Crippen molar-refractivity contribution in [1.82, 2.24) is 14.5 Å². The third kappa shape index (κ3) is 3.43. The van der Waals surface area contributed by atoms with Crippen molar-refractivity contribution in [2.75, 3.05) is 19.5 Å². The summed E-state index contributed by atoms with van der Waals surface area (Å²) in [6, 6.07) is -0.977. The normalized spacial score (nSPS) is 15.0. The number of anilines is 1. The van der Waals surface area contributed by atoms with E-state index < -0.39 is 28.2 Å². The predicted molar refractivity (Wildman–Crippen MR) is 85.6 cm³/mol. The van der Waals surface area contributed by atoms with Crippen LogP contribution in [-0.2, 0) is 4.74 Å². The van der Waals surface area contributed by atoms with Crippen LogP contribution in [0.15, 0.2) is 9.59 Å². The summed E-state index contributed by atoms with van der Waals surface area (Å²) in [5.41, 5.74) is 3.20. The van der Waals surface area contributed by atoms with E-state index in [0.29, 0.717) is 11.3 Å². The van der Waals surface area contributed by atoms with E-state index in [1.807, 2.05) is 0 Å². The first-order valence-corrected chi connectivity index (χ1v) is 7.74. The third-order valence-electron chi connectivity index (χ3n) is 3.62. The smallest absolute Gasteiger partial charge is 0.309 e. The minimum absolute atomic E-state index is 0.0322. The first-order chi connectivity index (χ1) is 10.7. The number of halogens is 1. The van der Waals surface area contributed by atoms with Gasteiger partial charge in [-0.2, -0.15) is 4.98 Å². The van der Waals surface area contributed by atoms with Crippen molar-refractivity contribution in [1.29, 1.82) is 0 Å². The zero-order valence-corrected chi connectivity index (χ0v) is 13.8. The van der Waals surface area contributed by atoms with E-state index >= 15 is 0 Å². The Kier molecular flexibility index (Phi) is 4.87. The Morgan fingerprint density at radius 1 is 1.52 bits per heavy atom. The van der Waals surface area contributed by atoms with E-state index in [4.69, 9.17) is 10.5 Å². The number of aromatic nitrogens is 3. The number of aromatic amines is 1. The first-order valence-electron chi connectivity index (χ1n) is 6.92. The zero-order chi connectivity index (χ0) is 17.4. The van der Waals surface area contributed by atoms with Gasteiger partial charge in [0.05, 0.1) is 18.8 Å². The van der Waals surface area contributed by atoms with Gasteiger partial charge in [-0.1, -0.05) is 11.3 Å². The zero-order valence-electron chi connectivity index (χ0n) is 13.0. The van der Waals surface area contributed by atoms with Gasteiger partial charge in [-0.15, -0.1) is 0 Å². The van der Waals surface area contributed by atoms with Crippen LogP contribution in [0.3, 0.4) is 0 Å². The standard InChI is InChI=1S/C13H19FN4O4S/c1-13(2,14)7(4-6(5-19)22-3)18-9-8(23-12(18)21)10(20)17-11(15)16-9/h6-7,19H,4-5H2,1-3H3,(H3,15,16,17,20)/t6-,7-/m0/s1. The minimum atomic E-state index is -1.82. The van der Waals surface area contributed by atoms with Crippen LogP contribution in [0.1, 0.15) is 26.3 Å². The molecule has 0 amide bonds. The van der Waals surface area contributed by atoms with Crippen LogP contribution in [0.4, 0.5) is 10.3 Å². The molecule has 23 heavy (non-hydrogen) atoms. The van der Waals surface area contributed by atoms with E-state index in [-0.39, 0.29) is 29.3 Å². The van der Waals surface area contributed by atoms with Crippen molar-refractivity contribution in [3.63, 3.8) is 0 Å². The lowest BCUT2D eigenvalue weighted by Crippen LogP contribution is -2.37. The van der Waals surface area contributed by atoms with E-state index in [1.165, 1.54) is 21.0 Å². The number of ether oxygens (including phenoxy) is 1. The van der Waals surface area contributed by atoms with Crippen LogP contribution in [0, 0.1) is 0 Å². The lowest BCUT2D eigenvalue weighted by Gasteiger charge is -2.30. The molecule has 0 spiro atoms. The Labute approximate surface area is 134 Å². The second kappa shape index (κ2) is 6.38. The highest BCUT2D eigenvalue weighted by atomic mass is 32.1. The summed E-state index contributed by atoms with van der Waals surface area (Å²) in [6.45, 7) is 2.30. The molecule has 0 aliphatic heterocycles. The molecule has 0 aliphatic rings. The van der Waals surface area contributed by atoms with Gasteiger partial charge >= 0.3 is 4.87 Å². The van der Waals surface area contributed by atoms with Gasteiger partial charge in [0.2, 0.25) is 5.95 Å². The van der Waals surface area contributed by atoms with Gasteiger partial charge in [-0.3, -0.25) is 19.1 Å². The van der Waals surface area contributed by atoms with Gasteiger partial charge in [0.15, 0.2) is 5.65 Å². The highest BCUT2D eigenvalue weighted by molar-refractivity contribution is 7.16. The summed E-state index contributed by atoms with van der Waals surface area (Å²) in [5, 5.41) is 9.29. The first kappa shape index (κ1) is 17.6. The SMILES string of the molecule is CO[C@H](CO)C[C@H](n1c(=O)sc2c(=O)[nH]c(N)nc21)C(C)(C)F. The average Bonchev–Trinajstić information content (AvgIpc) is 2.76. The molecule has 0 fully saturated rings. The summed E-state index contributed by atoms with van der Waals surface area (Å²) in [5.74, 6) is -0.157. The number of hydrogen-bond donors (Lipinski definition) is 3. The molecule has 2 aromatic rings. The highest BCUT2D eigenvalue weighted by Crippen LogP contribution is 2.32. The predicted octanol–water partition coefficient (Wildman–Crippen LogP) is 0.415. The average molecular weight is 346 g/mol. The number of hydrogen-bond acceptors (Lipinski definition) is 7. The second-order valence-corrected chi connectivity index (χ2v) is 6.66. The molecule has 2 heterocycles. The van der Waals surface area contributed by atoms with Gasteiger partial charge < -0.3 is 15.6 Å². The monoisotopic (exact) mass is 346 g/mol. The van der Waals surface area contributed by atoms with Crippen LogP contribution in [0.5, 0.6) is 0 Å². The molecule has 10 heteroatoms. The van der Waals surface area contributed by atoms with Crippen LogP contribution in [0.2, 0.25) is 0 Å². The number of nitrogens with two attached hydrogens (primary N) is 1. The van der Waals surface area contributed by atoms with Crippen LogP contribution < -0.4 is 16.2 Å². The number of H-pyrrole nitrogens is 1. The quantitative estimate of drug-likeness (QED) is 0.696. The number of nitrogens with one attached hydrogen (secondary N) is 1. The summed E-state index contributed by atoms with van der Waals surface area (Å²) >= 11 is 0.676. The fourth-order valence-corrected chi connectivity index (χ4v) is 3.27. The molecule has 0 unspecified atom stereocenters. The fraction of sp³-hybridized carbons (Fsp3) is 0.615. The molecular weight excluding hydrogens is 327 g/mol. The van der Waals surface area contributed by atoms with Crippen molar-refractivity contribution in [2.24, 2.45) is 0 Å². The van der Waals surface area contributed by atoms with Crippen molar-refractivity contribution < 1.29 is 14.2 Å². The summed E-state index contributed by atoms with van der Waals surface area (Å²) in [4.78, 5) is 30.0. The Hall–Kier alpha value is -1.78. The van der Waals surface area contributed by atoms with Gasteiger partial charge in [0.1, 0.15) is 10.4 Å². The van der Waals surface area contributed by atoms with E-state index in [0.717, 1.165) is 4.57 Å². The molecule has 0 saturated carbocycles. The van der Waals surface area contributed by atoms with Crippen molar-refractivity contribution in [2.45, 2.75) is 38.1 Å². The largest absolute Gasteiger partial charge is 0.394 e. The summed E-state index contributed by atoms with van der Waals surface area (Å²) in [7, 11) is 1.39. The molecule has 128 valence electrons. The second-order valence-electron chi connectivity index (χ2n) is 5.70. The molecule has 2 atom stereocenters. The molecule has 4 N–H and O–H groups in total. The van der Waals surface area contributed by atoms with Crippen LogP contribution in [0.25, 0.3) is 10.3 Å². The molecule has 2 rings (SSSR count). The molecule has 8 nitrogen and oxygen atoms in total. The molecule has 0 aromatic carbocycles. The van der Waals surface area contributed by atoms with E-state index in [2.05, 4.69) is 9.97 Å². The van der Waals surface area contributed by atoms with Crippen molar-refractivity contribution in [3.8, 4) is 0 Å². The molecular formula is C13H19FN4O4S. The number of thiazole rings is 1. The van der Waals surface area contributed by atoms with Crippen molar-refractivity contribution in [3.05, 3.63) is 20.0 Å². The van der Waals surface area contributed by atoms with Gasteiger partial charge in [0, 0.05) is 7.11 Å². The van der Waals surface area contributed by atoms with Crippen molar-refractivity contribution >= 4 is 27.6 Å². The molecule has 0 bridgehead atoms. The lowest BCUT2D eigenvalue weighted by atomic mass is 9.95. The highest BCUT2D eigenvalue weighted by Gasteiger charge is 2.36. The summed E-state index contributed by atoms with van der Waals surface area (Å²) < 4.78 is 21.0. The van der Waals surface area contributed by atoms with E-state index in [9.17, 15) is 19.1 Å². The van der Waals surface area contributed by atoms with Crippen LogP contribution >= 0.6 is 11.3 Å². The molecule has 0 aliphatic carbocycles. The Morgan fingerprint density at radius 2 is 2.17 bits per heavy atom. The number of aliphatic hydroxyl groups is 1. The van der Waals surface area contributed by atoms with Crippen LogP contribution in [-0.4, -0.2) is 45.1 Å².